The van der Waals surface area contributed by atoms with Crippen molar-refractivity contribution in [1.29, 1.82) is 0 Å². The highest BCUT2D eigenvalue weighted by Crippen LogP contribution is 2.13. The Morgan fingerprint density at radius 1 is 1.32 bits per heavy atom. The summed E-state index contributed by atoms with van der Waals surface area (Å²) in [5, 5.41) is 3.52. The van der Waals surface area contributed by atoms with Crippen LogP contribution in [0.25, 0.3) is 0 Å². The number of methoxy groups -OCH3 is 1. The lowest BCUT2D eigenvalue weighted by Crippen LogP contribution is -2.32. The van der Waals surface area contributed by atoms with Crippen LogP contribution in [0, 0.1) is 0 Å². The summed E-state index contributed by atoms with van der Waals surface area (Å²) in [6, 6.07) is 4.40. The Balaban J connectivity index is 1.98. The Morgan fingerprint density at radius 3 is 2.79 bits per heavy atom. The van der Waals surface area contributed by atoms with E-state index in [9.17, 15) is 0 Å². The van der Waals surface area contributed by atoms with Crippen LogP contribution in [-0.4, -0.2) is 29.7 Å². The van der Waals surface area contributed by atoms with Gasteiger partial charge < -0.3 is 10.1 Å². The van der Waals surface area contributed by atoms with Gasteiger partial charge in [0.25, 0.3) is 0 Å². The fourth-order valence-corrected chi connectivity index (χ4v) is 2.70. The molecule has 1 N–H and O–H groups in total. The number of thiazole rings is 1. The first-order chi connectivity index (χ1) is 9.31. The van der Waals surface area contributed by atoms with Gasteiger partial charge in [-0.15, -0.1) is 11.3 Å². The number of hydrogen-bond acceptors (Lipinski definition) is 5. The molecule has 0 saturated heterocycles. The number of nitrogens with one attached hydrogen (secondary N) is 1. The monoisotopic (exact) mass is 277 g/mol. The standard InChI is InChI=1S/C14H19N3OS/c1-3-16-12(7-13-9-15-10-19-13)6-11-4-5-14(18-2)17-8-11/h4-5,8-10,12,16H,3,6-7H2,1-2H3. The van der Waals surface area contributed by atoms with Crippen molar-refractivity contribution in [2.24, 2.45) is 0 Å². The highest BCUT2D eigenvalue weighted by Gasteiger charge is 2.11. The average Bonchev–Trinajstić information content (AvgIpc) is 2.93. The van der Waals surface area contributed by atoms with E-state index in [1.165, 1.54) is 10.4 Å². The van der Waals surface area contributed by atoms with Gasteiger partial charge in [-0.05, 0) is 24.9 Å². The zero-order chi connectivity index (χ0) is 13.5. The molecule has 2 heterocycles. The van der Waals surface area contributed by atoms with Crippen molar-refractivity contribution in [3.05, 3.63) is 40.5 Å². The third-order valence-electron chi connectivity index (χ3n) is 2.91. The number of likely N-dealkylation sites (N-methyl/N-ethyl adjacent to an activating group) is 1. The second kappa shape index (κ2) is 7.21. The molecule has 5 heteroatoms. The Labute approximate surface area is 117 Å². The molecular weight excluding hydrogens is 258 g/mol. The van der Waals surface area contributed by atoms with E-state index < -0.39 is 0 Å². The first-order valence-corrected chi connectivity index (χ1v) is 7.29. The third kappa shape index (κ3) is 4.29. The minimum absolute atomic E-state index is 0.417. The summed E-state index contributed by atoms with van der Waals surface area (Å²) in [6.45, 7) is 3.10. The predicted molar refractivity (Wildman–Crippen MR) is 77.8 cm³/mol. The molecule has 4 nitrogen and oxygen atoms in total. The van der Waals surface area contributed by atoms with E-state index in [1.54, 1.807) is 18.4 Å². The summed E-state index contributed by atoms with van der Waals surface area (Å²) >= 11 is 1.71. The van der Waals surface area contributed by atoms with Crippen molar-refractivity contribution in [3.8, 4) is 5.88 Å². The average molecular weight is 277 g/mol. The van der Waals surface area contributed by atoms with E-state index in [0.717, 1.165) is 19.4 Å². The van der Waals surface area contributed by atoms with E-state index >= 15 is 0 Å². The molecule has 0 aliphatic heterocycles. The zero-order valence-corrected chi connectivity index (χ0v) is 12.1. The summed E-state index contributed by atoms with van der Waals surface area (Å²) in [6.07, 6.45) is 5.80. The van der Waals surface area contributed by atoms with E-state index in [2.05, 4.69) is 28.3 Å². The minimum atomic E-state index is 0.417. The number of hydrogen-bond donors (Lipinski definition) is 1. The van der Waals surface area contributed by atoms with Crippen LogP contribution in [0.15, 0.2) is 30.0 Å². The highest BCUT2D eigenvalue weighted by molar-refractivity contribution is 7.09. The van der Waals surface area contributed by atoms with Gasteiger partial charge in [-0.1, -0.05) is 13.0 Å². The van der Waals surface area contributed by atoms with E-state index in [1.807, 2.05) is 24.0 Å². The maximum Gasteiger partial charge on any atom is 0.212 e. The lowest BCUT2D eigenvalue weighted by molar-refractivity contribution is 0.397. The van der Waals surface area contributed by atoms with Gasteiger partial charge >= 0.3 is 0 Å². The van der Waals surface area contributed by atoms with Gasteiger partial charge in [-0.25, -0.2) is 4.98 Å². The van der Waals surface area contributed by atoms with E-state index in [4.69, 9.17) is 4.74 Å². The van der Waals surface area contributed by atoms with Crippen molar-refractivity contribution in [2.75, 3.05) is 13.7 Å². The molecule has 0 bridgehead atoms. The minimum Gasteiger partial charge on any atom is -0.481 e. The van der Waals surface area contributed by atoms with Crippen LogP contribution in [-0.2, 0) is 12.8 Å². The van der Waals surface area contributed by atoms with Crippen molar-refractivity contribution < 1.29 is 4.74 Å². The first kappa shape index (κ1) is 14.0. The van der Waals surface area contributed by atoms with Crippen molar-refractivity contribution in [1.82, 2.24) is 15.3 Å². The fraction of sp³-hybridized carbons (Fsp3) is 0.429. The molecule has 1 atom stereocenters. The SMILES string of the molecule is CCNC(Cc1ccc(OC)nc1)Cc1cncs1. The van der Waals surface area contributed by atoms with Gasteiger partial charge in [0.15, 0.2) is 0 Å². The second-order valence-electron chi connectivity index (χ2n) is 4.34. The molecule has 0 aliphatic rings. The molecule has 0 aromatic carbocycles. The predicted octanol–water partition coefficient (Wildman–Crippen LogP) is 2.31. The van der Waals surface area contributed by atoms with Crippen LogP contribution in [0.3, 0.4) is 0 Å². The summed E-state index contributed by atoms with van der Waals surface area (Å²) in [5.74, 6) is 0.659. The Hall–Kier alpha value is -1.46. The molecule has 0 fully saturated rings. The van der Waals surface area contributed by atoms with Crippen LogP contribution >= 0.6 is 11.3 Å². The zero-order valence-electron chi connectivity index (χ0n) is 11.3. The fourth-order valence-electron chi connectivity index (χ4n) is 2.03. The Kier molecular flexibility index (Phi) is 5.30. The van der Waals surface area contributed by atoms with Crippen LogP contribution in [0.2, 0.25) is 0 Å². The van der Waals surface area contributed by atoms with Gasteiger partial charge in [0.05, 0.1) is 12.6 Å². The summed E-state index contributed by atoms with van der Waals surface area (Å²) < 4.78 is 5.07. The van der Waals surface area contributed by atoms with E-state index in [0.29, 0.717) is 11.9 Å². The molecule has 0 radical (unpaired) electrons. The van der Waals surface area contributed by atoms with Crippen LogP contribution in [0.1, 0.15) is 17.4 Å². The summed E-state index contributed by atoms with van der Waals surface area (Å²) in [7, 11) is 1.63. The largest absolute Gasteiger partial charge is 0.481 e. The highest BCUT2D eigenvalue weighted by atomic mass is 32.1. The van der Waals surface area contributed by atoms with Gasteiger partial charge in [-0.3, -0.25) is 4.98 Å². The van der Waals surface area contributed by atoms with Crippen molar-refractivity contribution >= 4 is 11.3 Å². The molecule has 19 heavy (non-hydrogen) atoms. The number of nitrogens with zero attached hydrogens (tertiary/aromatic N) is 2. The van der Waals surface area contributed by atoms with Crippen LogP contribution < -0.4 is 10.1 Å². The molecule has 0 saturated carbocycles. The van der Waals surface area contributed by atoms with Crippen LogP contribution in [0.4, 0.5) is 0 Å². The Morgan fingerprint density at radius 2 is 2.21 bits per heavy atom. The van der Waals surface area contributed by atoms with Crippen molar-refractivity contribution in [2.45, 2.75) is 25.8 Å². The van der Waals surface area contributed by atoms with E-state index in [-0.39, 0.29) is 0 Å². The number of rotatable bonds is 7. The second-order valence-corrected chi connectivity index (χ2v) is 5.31. The molecule has 2 aromatic heterocycles. The van der Waals surface area contributed by atoms with Gasteiger partial charge in [0.2, 0.25) is 5.88 Å². The normalized spacial score (nSPS) is 12.3. The van der Waals surface area contributed by atoms with Gasteiger partial charge in [0.1, 0.15) is 0 Å². The molecule has 1 unspecified atom stereocenters. The summed E-state index contributed by atoms with van der Waals surface area (Å²) in [4.78, 5) is 9.69. The molecule has 0 spiro atoms. The summed E-state index contributed by atoms with van der Waals surface area (Å²) in [5.41, 5.74) is 3.10. The molecule has 102 valence electrons. The molecule has 0 amide bonds. The Bertz CT molecular complexity index is 470. The number of aromatic nitrogens is 2. The lowest BCUT2D eigenvalue weighted by atomic mass is 10.0. The molecular formula is C14H19N3OS. The van der Waals surface area contributed by atoms with Gasteiger partial charge in [-0.2, -0.15) is 0 Å². The first-order valence-electron chi connectivity index (χ1n) is 6.41. The van der Waals surface area contributed by atoms with Crippen molar-refractivity contribution in [3.63, 3.8) is 0 Å². The molecule has 2 rings (SSSR count). The van der Waals surface area contributed by atoms with Gasteiger partial charge in [0, 0.05) is 29.4 Å². The molecule has 2 aromatic rings. The number of ether oxygens (including phenoxy) is 1. The maximum atomic E-state index is 5.07. The molecule has 0 aliphatic carbocycles. The maximum absolute atomic E-state index is 5.07. The smallest absolute Gasteiger partial charge is 0.212 e. The number of pyridine rings is 1. The topological polar surface area (TPSA) is 47.0 Å². The van der Waals surface area contributed by atoms with Crippen LogP contribution in [0.5, 0.6) is 5.88 Å². The third-order valence-corrected chi connectivity index (χ3v) is 3.71. The lowest BCUT2D eigenvalue weighted by Gasteiger charge is -2.17. The quantitative estimate of drug-likeness (QED) is 0.843.